The van der Waals surface area contributed by atoms with Gasteiger partial charge in [-0.2, -0.15) is 0 Å². The summed E-state index contributed by atoms with van der Waals surface area (Å²) in [4.78, 5) is 3.60. The van der Waals surface area contributed by atoms with Crippen molar-refractivity contribution in [2.24, 2.45) is 11.7 Å². The molecule has 0 aliphatic carbocycles. The second-order valence-corrected chi connectivity index (χ2v) is 9.72. The Morgan fingerprint density at radius 3 is 2.23 bits per heavy atom. The number of hydrogen-bond donors (Lipinski definition) is 2. The molecule has 1 unspecified atom stereocenters. The highest BCUT2D eigenvalue weighted by atomic mass is 32.2. The van der Waals surface area contributed by atoms with Crippen molar-refractivity contribution in [2.45, 2.75) is 42.7 Å². The Balaban J connectivity index is 3.09. The van der Waals surface area contributed by atoms with E-state index in [1.165, 1.54) is 12.1 Å². The topological polar surface area (TPSA) is 119 Å². The normalized spacial score (nSPS) is 15.7. The summed E-state index contributed by atoms with van der Waals surface area (Å²) >= 11 is 0. The molecule has 3 N–H and O–H groups in total. The standard InChI is InChI=1S/C13H23N3O4S2/c1-10(2)7-13(3,9-14)16-22(19,20)11-5-6-12(15-8-11)21(4,17)18/h5-6,8,10,16H,7,9,14H2,1-4H3. The van der Waals surface area contributed by atoms with Crippen LogP contribution in [0, 0.1) is 5.92 Å². The highest BCUT2D eigenvalue weighted by molar-refractivity contribution is 7.90. The zero-order valence-corrected chi connectivity index (χ0v) is 14.8. The van der Waals surface area contributed by atoms with Crippen LogP contribution in [0.5, 0.6) is 0 Å². The van der Waals surface area contributed by atoms with Gasteiger partial charge in [-0.15, -0.1) is 0 Å². The van der Waals surface area contributed by atoms with Crippen molar-refractivity contribution in [3.63, 3.8) is 0 Å². The smallest absolute Gasteiger partial charge is 0.242 e. The molecular weight excluding hydrogens is 326 g/mol. The van der Waals surface area contributed by atoms with Gasteiger partial charge in [-0.25, -0.2) is 26.5 Å². The average Bonchev–Trinajstić information content (AvgIpc) is 2.36. The molecule has 0 aliphatic heterocycles. The molecule has 9 heteroatoms. The van der Waals surface area contributed by atoms with Crippen molar-refractivity contribution in [2.75, 3.05) is 12.8 Å². The molecule has 0 amide bonds. The molecule has 0 aliphatic rings. The van der Waals surface area contributed by atoms with E-state index in [2.05, 4.69) is 9.71 Å². The maximum Gasteiger partial charge on any atom is 0.242 e. The Hall–Kier alpha value is -1.03. The van der Waals surface area contributed by atoms with Crippen LogP contribution < -0.4 is 10.5 Å². The lowest BCUT2D eigenvalue weighted by Crippen LogP contribution is -2.52. The molecule has 0 saturated carbocycles. The fourth-order valence-electron chi connectivity index (χ4n) is 2.20. The molecule has 0 aromatic carbocycles. The van der Waals surface area contributed by atoms with Gasteiger partial charge < -0.3 is 5.73 Å². The molecule has 0 fully saturated rings. The molecule has 0 spiro atoms. The van der Waals surface area contributed by atoms with E-state index in [4.69, 9.17) is 5.73 Å². The van der Waals surface area contributed by atoms with E-state index in [9.17, 15) is 16.8 Å². The van der Waals surface area contributed by atoms with Crippen LogP contribution >= 0.6 is 0 Å². The number of sulfonamides is 1. The SMILES string of the molecule is CC(C)CC(C)(CN)NS(=O)(=O)c1ccc(S(C)(=O)=O)nc1. The van der Waals surface area contributed by atoms with Crippen LogP contribution in [0.4, 0.5) is 0 Å². The quantitative estimate of drug-likeness (QED) is 0.741. The monoisotopic (exact) mass is 349 g/mol. The second-order valence-electron chi connectivity index (χ2n) is 6.07. The van der Waals surface area contributed by atoms with Crippen LogP contribution in [-0.4, -0.2) is 40.2 Å². The third kappa shape index (κ3) is 5.01. The number of pyridine rings is 1. The lowest BCUT2D eigenvalue weighted by Gasteiger charge is -2.30. The van der Waals surface area contributed by atoms with Crippen molar-refractivity contribution in [1.82, 2.24) is 9.71 Å². The molecule has 126 valence electrons. The van der Waals surface area contributed by atoms with Crippen molar-refractivity contribution in [1.29, 1.82) is 0 Å². The molecule has 1 atom stereocenters. The van der Waals surface area contributed by atoms with Crippen LogP contribution in [0.3, 0.4) is 0 Å². The van der Waals surface area contributed by atoms with E-state index < -0.39 is 25.4 Å². The third-order valence-corrected chi connectivity index (χ3v) is 5.71. The first kappa shape index (κ1) is 19.0. The van der Waals surface area contributed by atoms with Gasteiger partial charge in [0.1, 0.15) is 4.90 Å². The Morgan fingerprint density at radius 2 is 1.86 bits per heavy atom. The summed E-state index contributed by atoms with van der Waals surface area (Å²) in [6.07, 6.45) is 2.62. The number of aromatic nitrogens is 1. The number of nitrogens with zero attached hydrogens (tertiary/aromatic N) is 1. The highest BCUT2D eigenvalue weighted by Crippen LogP contribution is 2.19. The van der Waals surface area contributed by atoms with Gasteiger partial charge >= 0.3 is 0 Å². The Labute approximate surface area is 132 Å². The predicted molar refractivity (Wildman–Crippen MR) is 84.6 cm³/mol. The Bertz CT molecular complexity index is 712. The first-order valence-corrected chi connectivity index (χ1v) is 10.2. The van der Waals surface area contributed by atoms with Gasteiger partial charge in [0, 0.05) is 24.5 Å². The van der Waals surface area contributed by atoms with Gasteiger partial charge in [-0.3, -0.25) is 0 Å². The van der Waals surface area contributed by atoms with E-state index in [0.29, 0.717) is 6.42 Å². The maximum absolute atomic E-state index is 12.4. The van der Waals surface area contributed by atoms with Crippen LogP contribution in [0.25, 0.3) is 0 Å². The summed E-state index contributed by atoms with van der Waals surface area (Å²) < 4.78 is 50.1. The Morgan fingerprint density at radius 1 is 1.27 bits per heavy atom. The van der Waals surface area contributed by atoms with Gasteiger partial charge in [0.05, 0.1) is 0 Å². The fraction of sp³-hybridized carbons (Fsp3) is 0.615. The minimum Gasteiger partial charge on any atom is -0.329 e. The number of rotatable bonds is 7. The lowest BCUT2D eigenvalue weighted by molar-refractivity contribution is 0.344. The van der Waals surface area contributed by atoms with Crippen LogP contribution in [0.1, 0.15) is 27.2 Å². The highest BCUT2D eigenvalue weighted by Gasteiger charge is 2.30. The predicted octanol–water partition coefficient (Wildman–Crippen LogP) is 0.527. The van der Waals surface area contributed by atoms with Crippen molar-refractivity contribution in [3.8, 4) is 0 Å². The molecule has 22 heavy (non-hydrogen) atoms. The summed E-state index contributed by atoms with van der Waals surface area (Å²) in [6.45, 7) is 5.84. The molecule has 0 radical (unpaired) electrons. The largest absolute Gasteiger partial charge is 0.329 e. The number of hydrogen-bond acceptors (Lipinski definition) is 6. The molecule has 0 bridgehead atoms. The zero-order chi connectivity index (χ0) is 17.2. The summed E-state index contributed by atoms with van der Waals surface area (Å²) in [5.74, 6) is 0.266. The zero-order valence-electron chi connectivity index (χ0n) is 13.2. The first-order valence-electron chi connectivity index (χ1n) is 6.80. The minimum absolute atomic E-state index is 0.0941. The lowest BCUT2D eigenvalue weighted by atomic mass is 9.92. The fourth-order valence-corrected chi connectivity index (χ4v) is 4.13. The van der Waals surface area contributed by atoms with E-state index in [1.54, 1.807) is 6.92 Å². The molecule has 1 aromatic rings. The third-order valence-electron chi connectivity index (χ3n) is 3.09. The van der Waals surface area contributed by atoms with Crippen LogP contribution in [0.15, 0.2) is 28.3 Å². The van der Waals surface area contributed by atoms with Crippen molar-refractivity contribution in [3.05, 3.63) is 18.3 Å². The van der Waals surface area contributed by atoms with E-state index in [1.807, 2.05) is 13.8 Å². The van der Waals surface area contributed by atoms with Gasteiger partial charge in [0.15, 0.2) is 14.9 Å². The Kier molecular flexibility index (Phi) is 5.71. The summed E-state index contributed by atoms with van der Waals surface area (Å²) in [7, 11) is -7.29. The summed E-state index contributed by atoms with van der Waals surface area (Å²) in [5, 5.41) is -0.171. The maximum atomic E-state index is 12.4. The summed E-state index contributed by atoms with van der Waals surface area (Å²) in [5.41, 5.74) is 4.92. The van der Waals surface area contributed by atoms with Crippen molar-refractivity contribution < 1.29 is 16.8 Å². The van der Waals surface area contributed by atoms with Crippen LogP contribution in [0.2, 0.25) is 0 Å². The molecule has 1 heterocycles. The van der Waals surface area contributed by atoms with Gasteiger partial charge in [-0.1, -0.05) is 13.8 Å². The molecular formula is C13H23N3O4S2. The van der Waals surface area contributed by atoms with Gasteiger partial charge in [-0.05, 0) is 31.4 Å². The minimum atomic E-state index is -3.83. The van der Waals surface area contributed by atoms with E-state index in [-0.39, 0.29) is 22.4 Å². The molecule has 0 saturated heterocycles. The van der Waals surface area contributed by atoms with E-state index >= 15 is 0 Å². The summed E-state index contributed by atoms with van der Waals surface area (Å²) in [6, 6.07) is 2.39. The number of sulfone groups is 1. The van der Waals surface area contributed by atoms with Crippen molar-refractivity contribution >= 4 is 19.9 Å². The van der Waals surface area contributed by atoms with Gasteiger partial charge in [0.25, 0.3) is 0 Å². The molecule has 7 nitrogen and oxygen atoms in total. The first-order chi connectivity index (χ1) is 9.89. The second kappa shape index (κ2) is 6.61. The van der Waals surface area contributed by atoms with Gasteiger partial charge in [0.2, 0.25) is 10.0 Å². The molecule has 1 rings (SSSR count). The van der Waals surface area contributed by atoms with E-state index in [0.717, 1.165) is 12.5 Å². The average molecular weight is 349 g/mol. The number of nitrogens with two attached hydrogens (primary N) is 1. The van der Waals surface area contributed by atoms with Crippen LogP contribution in [-0.2, 0) is 19.9 Å². The molecule has 1 aromatic heterocycles. The number of nitrogens with one attached hydrogen (secondary N) is 1.